The molecule has 8 heteroatoms. The molecule has 0 bridgehead atoms. The average Bonchev–Trinajstić information content (AvgIpc) is 3.08. The average molecular weight is 467 g/mol. The van der Waals surface area contributed by atoms with Gasteiger partial charge in [-0.05, 0) is 56.5 Å². The van der Waals surface area contributed by atoms with Gasteiger partial charge in [-0.3, -0.25) is 9.48 Å². The lowest BCUT2D eigenvalue weighted by Crippen LogP contribution is -2.50. The lowest BCUT2D eigenvalue weighted by Gasteiger charge is -2.34. The highest BCUT2D eigenvalue weighted by atomic mass is 32.2. The van der Waals surface area contributed by atoms with Crippen LogP contribution in [-0.4, -0.2) is 59.5 Å². The number of nitrogens with zero attached hydrogens (tertiary/aromatic N) is 4. The largest absolute Gasteiger partial charge is 0.336 e. The van der Waals surface area contributed by atoms with E-state index >= 15 is 0 Å². The number of benzene rings is 2. The first-order chi connectivity index (χ1) is 15.7. The lowest BCUT2D eigenvalue weighted by atomic mass is 10.1. The van der Waals surface area contributed by atoms with Crippen molar-refractivity contribution in [2.24, 2.45) is 0 Å². The first kappa shape index (κ1) is 23.2. The van der Waals surface area contributed by atoms with Crippen molar-refractivity contribution < 1.29 is 13.2 Å². The quantitative estimate of drug-likeness (QED) is 0.578. The third kappa shape index (κ3) is 4.58. The van der Waals surface area contributed by atoms with Crippen molar-refractivity contribution in [3.05, 3.63) is 82.2 Å². The van der Waals surface area contributed by atoms with Crippen LogP contribution in [0.3, 0.4) is 0 Å². The van der Waals surface area contributed by atoms with Gasteiger partial charge >= 0.3 is 0 Å². The van der Waals surface area contributed by atoms with Crippen molar-refractivity contribution >= 4 is 15.9 Å². The molecular formula is C25H30N4O3S. The summed E-state index contributed by atoms with van der Waals surface area (Å²) in [6, 6.07) is 15.2. The number of rotatable bonds is 5. The van der Waals surface area contributed by atoms with Gasteiger partial charge in [-0.1, -0.05) is 36.4 Å². The highest BCUT2D eigenvalue weighted by molar-refractivity contribution is 7.89. The van der Waals surface area contributed by atoms with Gasteiger partial charge in [0.25, 0.3) is 5.91 Å². The molecule has 0 N–H and O–H groups in total. The fourth-order valence-electron chi connectivity index (χ4n) is 4.23. The van der Waals surface area contributed by atoms with E-state index in [2.05, 4.69) is 5.10 Å². The minimum Gasteiger partial charge on any atom is -0.336 e. The molecule has 0 spiro atoms. The van der Waals surface area contributed by atoms with Crippen molar-refractivity contribution in [2.45, 2.75) is 39.1 Å². The highest BCUT2D eigenvalue weighted by Gasteiger charge is 2.32. The second-order valence-electron chi connectivity index (χ2n) is 8.63. The van der Waals surface area contributed by atoms with Crippen molar-refractivity contribution in [2.75, 3.05) is 26.2 Å². The SMILES string of the molecule is Cc1ccc(S(=O)(=O)N2CCN(C(=O)c3c(C)nn(Cc4ccccc4)c3C)CC2)cc1C. The Labute approximate surface area is 195 Å². The van der Waals surface area contributed by atoms with Crippen LogP contribution in [-0.2, 0) is 16.6 Å². The maximum Gasteiger partial charge on any atom is 0.257 e. The van der Waals surface area contributed by atoms with Gasteiger partial charge < -0.3 is 4.90 Å². The molecule has 33 heavy (non-hydrogen) atoms. The van der Waals surface area contributed by atoms with Crippen LogP contribution < -0.4 is 0 Å². The first-order valence-corrected chi connectivity index (χ1v) is 12.6. The van der Waals surface area contributed by atoms with Gasteiger partial charge in [-0.25, -0.2) is 8.42 Å². The van der Waals surface area contributed by atoms with Gasteiger partial charge in [0.05, 0.1) is 22.7 Å². The number of amides is 1. The summed E-state index contributed by atoms with van der Waals surface area (Å²) >= 11 is 0. The minimum absolute atomic E-state index is 0.0902. The standard InChI is InChI=1S/C25H30N4O3S/c1-18-10-11-23(16-19(18)2)33(31,32)28-14-12-27(13-15-28)25(30)24-20(3)26-29(21(24)4)17-22-8-6-5-7-9-22/h5-11,16H,12-15,17H2,1-4H3. The van der Waals surface area contributed by atoms with E-state index in [1.54, 1.807) is 17.0 Å². The van der Waals surface area contributed by atoms with Crippen molar-refractivity contribution in [1.82, 2.24) is 19.0 Å². The Balaban J connectivity index is 1.47. The van der Waals surface area contributed by atoms with E-state index in [9.17, 15) is 13.2 Å². The number of carbonyl (C=O) groups excluding carboxylic acids is 1. The Morgan fingerprint density at radius 2 is 1.58 bits per heavy atom. The summed E-state index contributed by atoms with van der Waals surface area (Å²) < 4.78 is 29.5. The molecule has 1 aromatic heterocycles. The summed E-state index contributed by atoms with van der Waals surface area (Å²) in [5, 5.41) is 4.59. The number of aryl methyl sites for hydroxylation is 3. The molecular weight excluding hydrogens is 436 g/mol. The minimum atomic E-state index is -3.58. The Hall–Kier alpha value is -2.97. The number of sulfonamides is 1. The van der Waals surface area contributed by atoms with E-state index in [0.29, 0.717) is 35.8 Å². The normalized spacial score (nSPS) is 15.1. The number of aromatic nitrogens is 2. The molecule has 2 aromatic carbocycles. The second-order valence-corrected chi connectivity index (χ2v) is 10.6. The van der Waals surface area contributed by atoms with Crippen LogP contribution in [0.1, 0.15) is 38.4 Å². The molecule has 3 aromatic rings. The molecule has 0 saturated carbocycles. The van der Waals surface area contributed by atoms with Crippen LogP contribution in [0.15, 0.2) is 53.4 Å². The summed E-state index contributed by atoms with van der Waals surface area (Å²) in [7, 11) is -3.58. The molecule has 174 valence electrons. The van der Waals surface area contributed by atoms with Crippen molar-refractivity contribution in [1.29, 1.82) is 0 Å². The maximum absolute atomic E-state index is 13.3. The van der Waals surface area contributed by atoms with Crippen LogP contribution in [0.5, 0.6) is 0 Å². The zero-order valence-corrected chi connectivity index (χ0v) is 20.4. The zero-order chi connectivity index (χ0) is 23.8. The Morgan fingerprint density at radius 1 is 0.909 bits per heavy atom. The predicted octanol–water partition coefficient (Wildman–Crippen LogP) is 3.31. The van der Waals surface area contributed by atoms with E-state index in [-0.39, 0.29) is 19.0 Å². The van der Waals surface area contributed by atoms with Crippen LogP contribution in [0.4, 0.5) is 0 Å². The highest BCUT2D eigenvalue weighted by Crippen LogP contribution is 2.22. The number of piperazine rings is 1. The number of hydrogen-bond acceptors (Lipinski definition) is 4. The summed E-state index contributed by atoms with van der Waals surface area (Å²) in [6.07, 6.45) is 0. The third-order valence-electron chi connectivity index (χ3n) is 6.41. The van der Waals surface area contributed by atoms with Crippen LogP contribution in [0.25, 0.3) is 0 Å². The summed E-state index contributed by atoms with van der Waals surface area (Å²) in [5.74, 6) is -0.0902. The van der Waals surface area contributed by atoms with Gasteiger partial charge in [0.1, 0.15) is 0 Å². The monoisotopic (exact) mass is 466 g/mol. The fourth-order valence-corrected chi connectivity index (χ4v) is 5.74. The maximum atomic E-state index is 13.3. The third-order valence-corrected chi connectivity index (χ3v) is 8.31. The Bertz CT molecular complexity index is 1270. The van der Waals surface area contributed by atoms with Crippen LogP contribution in [0.2, 0.25) is 0 Å². The molecule has 0 unspecified atom stereocenters. The molecule has 2 heterocycles. The summed E-state index contributed by atoms with van der Waals surface area (Å²) in [6.45, 7) is 9.49. The number of hydrogen-bond donors (Lipinski definition) is 0. The number of carbonyl (C=O) groups is 1. The van der Waals surface area contributed by atoms with E-state index in [1.807, 2.05) is 68.8 Å². The van der Waals surface area contributed by atoms with Gasteiger partial charge in [0.15, 0.2) is 0 Å². The molecule has 0 atom stereocenters. The van der Waals surface area contributed by atoms with Crippen LogP contribution >= 0.6 is 0 Å². The van der Waals surface area contributed by atoms with E-state index in [0.717, 1.165) is 22.4 Å². The Kier molecular flexibility index (Phi) is 6.41. The second kappa shape index (κ2) is 9.11. The molecule has 4 rings (SSSR count). The topological polar surface area (TPSA) is 75.5 Å². The molecule has 1 saturated heterocycles. The Morgan fingerprint density at radius 3 is 2.21 bits per heavy atom. The lowest BCUT2D eigenvalue weighted by molar-refractivity contribution is 0.0696. The van der Waals surface area contributed by atoms with Gasteiger partial charge in [0, 0.05) is 31.9 Å². The molecule has 1 aliphatic heterocycles. The molecule has 1 aliphatic rings. The molecule has 0 radical (unpaired) electrons. The van der Waals surface area contributed by atoms with Gasteiger partial charge in [-0.15, -0.1) is 0 Å². The molecule has 0 aliphatic carbocycles. The van der Waals surface area contributed by atoms with Crippen molar-refractivity contribution in [3.8, 4) is 0 Å². The van der Waals surface area contributed by atoms with Crippen LogP contribution in [0, 0.1) is 27.7 Å². The van der Waals surface area contributed by atoms with E-state index in [4.69, 9.17) is 0 Å². The first-order valence-electron chi connectivity index (χ1n) is 11.1. The van der Waals surface area contributed by atoms with Crippen molar-refractivity contribution in [3.63, 3.8) is 0 Å². The molecule has 1 amide bonds. The smallest absolute Gasteiger partial charge is 0.257 e. The summed E-state index contributed by atoms with van der Waals surface area (Å²) in [4.78, 5) is 15.4. The van der Waals surface area contributed by atoms with E-state index < -0.39 is 10.0 Å². The molecule has 7 nitrogen and oxygen atoms in total. The van der Waals surface area contributed by atoms with Gasteiger partial charge in [-0.2, -0.15) is 9.40 Å². The zero-order valence-electron chi connectivity index (χ0n) is 19.6. The predicted molar refractivity (Wildman–Crippen MR) is 128 cm³/mol. The van der Waals surface area contributed by atoms with E-state index in [1.165, 1.54) is 4.31 Å². The molecule has 1 fully saturated rings. The summed E-state index contributed by atoms with van der Waals surface area (Å²) in [5.41, 5.74) is 5.25. The fraction of sp³-hybridized carbons (Fsp3) is 0.360. The van der Waals surface area contributed by atoms with Gasteiger partial charge in [0.2, 0.25) is 10.0 Å².